The van der Waals surface area contributed by atoms with E-state index in [1.807, 2.05) is 0 Å². The zero-order valence-corrected chi connectivity index (χ0v) is 10.5. The highest BCUT2D eigenvalue weighted by Gasteiger charge is 2.21. The molecule has 1 atom stereocenters. The van der Waals surface area contributed by atoms with Crippen molar-refractivity contribution in [2.45, 2.75) is 19.9 Å². The van der Waals surface area contributed by atoms with E-state index in [4.69, 9.17) is 11.2 Å². The maximum Gasteiger partial charge on any atom is 0.327 e. The number of hydrogen-bond donors (Lipinski definition) is 1. The Morgan fingerprint density at radius 3 is 2.89 bits per heavy atom. The van der Waals surface area contributed by atoms with Gasteiger partial charge in [0.2, 0.25) is 0 Å². The zero-order chi connectivity index (χ0) is 13.5. The smallest absolute Gasteiger partial charge is 0.327 e. The van der Waals surface area contributed by atoms with E-state index in [-0.39, 0.29) is 19.0 Å². The van der Waals surface area contributed by atoms with Crippen molar-refractivity contribution in [1.29, 1.82) is 0 Å². The van der Waals surface area contributed by atoms with Gasteiger partial charge < -0.3 is 4.74 Å². The minimum atomic E-state index is -0.666. The molecule has 0 aliphatic rings. The molecule has 3 nitrogen and oxygen atoms in total. The van der Waals surface area contributed by atoms with Gasteiger partial charge >= 0.3 is 5.97 Å². The fraction of sp³-hybridized carbons (Fsp3) is 0.357. The summed E-state index contributed by atoms with van der Waals surface area (Å²) in [7, 11) is 0. The Kier molecular flexibility index (Phi) is 5.34. The molecule has 1 aromatic rings. The van der Waals surface area contributed by atoms with Crippen molar-refractivity contribution in [3.05, 3.63) is 35.1 Å². The molecule has 1 N–H and O–H groups in total. The van der Waals surface area contributed by atoms with E-state index in [1.165, 1.54) is 6.07 Å². The third-order valence-electron chi connectivity index (χ3n) is 2.45. The topological polar surface area (TPSA) is 38.3 Å². The monoisotopic (exact) mass is 249 g/mol. The molecule has 0 radical (unpaired) electrons. The number of carbonyl (C=O) groups is 1. The van der Waals surface area contributed by atoms with Gasteiger partial charge in [-0.15, -0.1) is 6.42 Å². The Balaban J connectivity index is 2.97. The highest BCUT2D eigenvalue weighted by molar-refractivity contribution is 5.77. The highest BCUT2D eigenvalue weighted by atomic mass is 19.1. The number of rotatable bonds is 5. The molecule has 0 saturated heterocycles. The molecule has 0 aromatic heterocycles. The Morgan fingerprint density at radius 1 is 1.61 bits per heavy atom. The van der Waals surface area contributed by atoms with Crippen molar-refractivity contribution >= 4 is 5.97 Å². The minimum Gasteiger partial charge on any atom is -0.465 e. The van der Waals surface area contributed by atoms with Crippen molar-refractivity contribution in [3.8, 4) is 12.3 Å². The van der Waals surface area contributed by atoms with Gasteiger partial charge in [-0.3, -0.25) is 5.32 Å². The molecular formula is C14H16FNO2. The molecule has 0 saturated carbocycles. The fourth-order valence-electron chi connectivity index (χ4n) is 1.57. The predicted molar refractivity (Wildman–Crippen MR) is 67.3 cm³/mol. The van der Waals surface area contributed by atoms with Crippen LogP contribution in [0.15, 0.2) is 18.2 Å². The number of benzene rings is 1. The molecule has 0 aliphatic heterocycles. The fourth-order valence-corrected chi connectivity index (χ4v) is 1.57. The van der Waals surface area contributed by atoms with Crippen LogP contribution in [0.25, 0.3) is 0 Å². The van der Waals surface area contributed by atoms with E-state index < -0.39 is 12.0 Å². The third kappa shape index (κ3) is 3.57. The van der Waals surface area contributed by atoms with Crippen LogP contribution in [0, 0.1) is 25.1 Å². The Bertz CT molecular complexity index is 465. The summed E-state index contributed by atoms with van der Waals surface area (Å²) in [5.74, 6) is 1.67. The summed E-state index contributed by atoms with van der Waals surface area (Å²) in [6, 6.07) is 3.82. The molecule has 0 aliphatic carbocycles. The van der Waals surface area contributed by atoms with Gasteiger partial charge in [0.25, 0.3) is 0 Å². The summed E-state index contributed by atoms with van der Waals surface area (Å²) in [6.07, 6.45) is 5.16. The van der Waals surface area contributed by atoms with Crippen molar-refractivity contribution < 1.29 is 13.9 Å². The molecule has 0 amide bonds. The van der Waals surface area contributed by atoms with Gasteiger partial charge in [0.15, 0.2) is 0 Å². The summed E-state index contributed by atoms with van der Waals surface area (Å²) in [5.41, 5.74) is 1.12. The van der Waals surface area contributed by atoms with Crippen LogP contribution in [-0.2, 0) is 9.53 Å². The van der Waals surface area contributed by atoms with E-state index in [9.17, 15) is 9.18 Å². The van der Waals surface area contributed by atoms with E-state index in [2.05, 4.69) is 11.2 Å². The lowest BCUT2D eigenvalue weighted by Gasteiger charge is -2.17. The lowest BCUT2D eigenvalue weighted by atomic mass is 10.0. The quantitative estimate of drug-likeness (QED) is 0.640. The first kappa shape index (κ1) is 14.2. The van der Waals surface area contributed by atoms with Gasteiger partial charge in [-0.2, -0.15) is 0 Å². The first-order chi connectivity index (χ1) is 8.60. The summed E-state index contributed by atoms with van der Waals surface area (Å²) in [6.45, 7) is 3.89. The standard InChI is InChI=1S/C14H16FNO2/c1-4-8-16-13(14(17)18-5-2)11-6-7-12(15)10(3)9-11/h1,6-7,9,13,16H,5,8H2,2-3H3. The number of terminal acetylenes is 1. The van der Waals surface area contributed by atoms with Crippen molar-refractivity contribution in [1.82, 2.24) is 5.32 Å². The van der Waals surface area contributed by atoms with Crippen LogP contribution in [0.1, 0.15) is 24.1 Å². The molecule has 18 heavy (non-hydrogen) atoms. The van der Waals surface area contributed by atoms with Crippen LogP contribution in [0.5, 0.6) is 0 Å². The number of carbonyl (C=O) groups excluding carboxylic acids is 1. The molecule has 0 fully saturated rings. The summed E-state index contributed by atoms with van der Waals surface area (Å²) >= 11 is 0. The predicted octanol–water partition coefficient (Wildman–Crippen LogP) is 1.96. The van der Waals surface area contributed by atoms with Crippen molar-refractivity contribution in [3.63, 3.8) is 0 Å². The molecule has 96 valence electrons. The Labute approximate surface area is 106 Å². The maximum atomic E-state index is 13.2. The van der Waals surface area contributed by atoms with E-state index in [1.54, 1.807) is 26.0 Å². The molecule has 1 unspecified atom stereocenters. The van der Waals surface area contributed by atoms with Gasteiger partial charge in [-0.1, -0.05) is 18.1 Å². The first-order valence-corrected chi connectivity index (χ1v) is 5.69. The summed E-state index contributed by atoms with van der Waals surface area (Å²) in [5, 5.41) is 2.88. The molecule has 0 heterocycles. The van der Waals surface area contributed by atoms with Crippen LogP contribution >= 0.6 is 0 Å². The average molecular weight is 249 g/mol. The molecule has 1 rings (SSSR count). The van der Waals surface area contributed by atoms with Crippen LogP contribution < -0.4 is 5.32 Å². The maximum absolute atomic E-state index is 13.2. The Hall–Kier alpha value is -1.86. The summed E-state index contributed by atoms with van der Waals surface area (Å²) in [4.78, 5) is 11.8. The lowest BCUT2D eigenvalue weighted by Crippen LogP contribution is -2.30. The van der Waals surface area contributed by atoms with Crippen LogP contribution in [0.4, 0.5) is 4.39 Å². The van der Waals surface area contributed by atoms with E-state index in [0.29, 0.717) is 11.1 Å². The van der Waals surface area contributed by atoms with Crippen LogP contribution in [-0.4, -0.2) is 19.1 Å². The van der Waals surface area contributed by atoms with Gasteiger partial charge in [-0.05, 0) is 31.0 Å². The Morgan fingerprint density at radius 2 is 2.33 bits per heavy atom. The van der Waals surface area contributed by atoms with Gasteiger partial charge in [-0.25, -0.2) is 9.18 Å². The van der Waals surface area contributed by atoms with Crippen LogP contribution in [0.3, 0.4) is 0 Å². The molecule has 4 heteroatoms. The van der Waals surface area contributed by atoms with Gasteiger partial charge in [0.1, 0.15) is 11.9 Å². The van der Waals surface area contributed by atoms with Crippen molar-refractivity contribution in [2.24, 2.45) is 0 Å². The SMILES string of the molecule is C#CCNC(C(=O)OCC)c1ccc(F)c(C)c1. The van der Waals surface area contributed by atoms with Gasteiger partial charge in [0, 0.05) is 0 Å². The first-order valence-electron chi connectivity index (χ1n) is 5.69. The largest absolute Gasteiger partial charge is 0.465 e. The minimum absolute atomic E-state index is 0.236. The lowest BCUT2D eigenvalue weighted by molar-refractivity contribution is -0.145. The number of aryl methyl sites for hydroxylation is 1. The van der Waals surface area contributed by atoms with Crippen molar-refractivity contribution in [2.75, 3.05) is 13.2 Å². The number of ether oxygens (including phenoxy) is 1. The normalized spacial score (nSPS) is 11.7. The van der Waals surface area contributed by atoms with Gasteiger partial charge in [0.05, 0.1) is 13.2 Å². The second-order valence-electron chi connectivity index (χ2n) is 3.78. The van der Waals surface area contributed by atoms with Crippen LogP contribution in [0.2, 0.25) is 0 Å². The number of nitrogens with one attached hydrogen (secondary N) is 1. The van der Waals surface area contributed by atoms with E-state index in [0.717, 1.165) is 0 Å². The molecule has 1 aromatic carbocycles. The molecular weight excluding hydrogens is 233 g/mol. The number of hydrogen-bond acceptors (Lipinski definition) is 3. The average Bonchev–Trinajstić information content (AvgIpc) is 2.34. The zero-order valence-electron chi connectivity index (χ0n) is 10.5. The third-order valence-corrected chi connectivity index (χ3v) is 2.45. The summed E-state index contributed by atoms with van der Waals surface area (Å²) < 4.78 is 18.2. The number of halogens is 1. The highest BCUT2D eigenvalue weighted by Crippen LogP contribution is 2.18. The number of esters is 1. The second kappa shape index (κ2) is 6.77. The molecule has 0 spiro atoms. The molecule has 0 bridgehead atoms. The second-order valence-corrected chi connectivity index (χ2v) is 3.78. The van der Waals surface area contributed by atoms with E-state index >= 15 is 0 Å².